The maximum absolute atomic E-state index is 2.61. The van der Waals surface area contributed by atoms with Crippen molar-refractivity contribution in [3.05, 3.63) is 192 Å². The van der Waals surface area contributed by atoms with Gasteiger partial charge in [0.15, 0.2) is 0 Å². The Kier molecular flexibility index (Phi) is 11.3. The van der Waals surface area contributed by atoms with Crippen LogP contribution in [0.1, 0.15) is 132 Å². The van der Waals surface area contributed by atoms with E-state index >= 15 is 0 Å². The summed E-state index contributed by atoms with van der Waals surface area (Å²) in [6.07, 6.45) is 0. The summed E-state index contributed by atoms with van der Waals surface area (Å²) in [5, 5.41) is 2.45. The Morgan fingerprint density at radius 2 is 0.797 bits per heavy atom. The highest BCUT2D eigenvalue weighted by Crippen LogP contribution is 2.51. The van der Waals surface area contributed by atoms with Crippen molar-refractivity contribution in [1.82, 2.24) is 4.57 Å². The van der Waals surface area contributed by atoms with Crippen LogP contribution in [-0.4, -0.2) is 11.3 Å². The average molecular weight is 971 g/mol. The van der Waals surface area contributed by atoms with Crippen LogP contribution in [0.15, 0.2) is 164 Å². The van der Waals surface area contributed by atoms with E-state index in [1.54, 1.807) is 0 Å². The number of benzene rings is 8. The Hall–Kier alpha value is -6.98. The number of aryl methyl sites for hydroxylation is 1. The van der Waals surface area contributed by atoms with Crippen LogP contribution >= 0.6 is 0 Å². The van der Waals surface area contributed by atoms with Crippen molar-refractivity contribution in [2.45, 2.75) is 131 Å². The van der Waals surface area contributed by atoms with Gasteiger partial charge in [-0.15, -0.1) is 0 Å². The van der Waals surface area contributed by atoms with Gasteiger partial charge < -0.3 is 19.3 Å². The van der Waals surface area contributed by atoms with Gasteiger partial charge in [0.2, 0.25) is 0 Å². The second-order valence-electron chi connectivity index (χ2n) is 26.5. The first kappa shape index (κ1) is 49.2. The molecular formula is C69H75BN4. The van der Waals surface area contributed by atoms with Gasteiger partial charge in [-0.3, -0.25) is 0 Å². The molecule has 0 N–H and O–H groups in total. The maximum atomic E-state index is 2.61. The van der Waals surface area contributed by atoms with Crippen LogP contribution in [0.4, 0.5) is 51.2 Å². The van der Waals surface area contributed by atoms with Gasteiger partial charge >= 0.3 is 0 Å². The number of fused-ring (bicyclic) bond motifs is 7. The molecule has 11 rings (SSSR count). The molecule has 0 saturated heterocycles. The minimum Gasteiger partial charge on any atom is -0.342 e. The SMILES string of the molecule is Cn1c2ccccc2c2c(N(c3ccc(C(C)(C)C)cc3)c3ccc(C(C)(C)C)cc3)ccc(N3c4ccc(C(C)(C)C)cc4B4c5cc(C(C)(C)C)ccc5N(c5ccc(C(C)(C)C)cc5)c5cccc3c54)c21. The fourth-order valence-corrected chi connectivity index (χ4v) is 11.8. The van der Waals surface area contributed by atoms with Gasteiger partial charge in [-0.05, 0) is 150 Å². The summed E-state index contributed by atoms with van der Waals surface area (Å²) >= 11 is 0. The Morgan fingerprint density at radius 3 is 1.28 bits per heavy atom. The lowest BCUT2D eigenvalue weighted by Crippen LogP contribution is -2.61. The number of hydrogen-bond acceptors (Lipinski definition) is 3. The van der Waals surface area contributed by atoms with Crippen LogP contribution in [0.5, 0.6) is 0 Å². The summed E-state index contributed by atoms with van der Waals surface area (Å²) in [6.45, 7) is 34.7. The molecular weight excluding hydrogens is 896 g/mol. The molecule has 2 aliphatic rings. The predicted molar refractivity (Wildman–Crippen MR) is 323 cm³/mol. The van der Waals surface area contributed by atoms with E-state index in [1.807, 2.05) is 0 Å². The van der Waals surface area contributed by atoms with Crippen LogP contribution in [0, 0.1) is 0 Å². The van der Waals surface area contributed by atoms with E-state index in [1.165, 1.54) is 94.4 Å². The third-order valence-corrected chi connectivity index (χ3v) is 16.2. The Bertz CT molecular complexity index is 3580. The van der Waals surface area contributed by atoms with E-state index in [0.29, 0.717) is 0 Å². The number of nitrogens with zero attached hydrogens (tertiary/aromatic N) is 4. The lowest BCUT2D eigenvalue weighted by molar-refractivity contribution is 0.590. The van der Waals surface area contributed by atoms with Crippen molar-refractivity contribution < 1.29 is 0 Å². The molecule has 3 heterocycles. The molecule has 5 heteroatoms. The lowest BCUT2D eigenvalue weighted by Gasteiger charge is -2.45. The highest BCUT2D eigenvalue weighted by molar-refractivity contribution is 7.00. The minimum absolute atomic E-state index is 0.00188. The number of rotatable bonds is 5. The highest BCUT2D eigenvalue weighted by Gasteiger charge is 2.45. The van der Waals surface area contributed by atoms with E-state index < -0.39 is 0 Å². The largest absolute Gasteiger partial charge is 0.342 e. The van der Waals surface area contributed by atoms with E-state index in [0.717, 1.165) is 22.7 Å². The van der Waals surface area contributed by atoms with E-state index in [9.17, 15) is 0 Å². The molecule has 4 nitrogen and oxygen atoms in total. The normalized spacial score (nSPS) is 13.9. The molecule has 1 aromatic heterocycles. The van der Waals surface area contributed by atoms with Crippen molar-refractivity contribution in [1.29, 1.82) is 0 Å². The van der Waals surface area contributed by atoms with Crippen LogP contribution in [0.2, 0.25) is 0 Å². The maximum Gasteiger partial charge on any atom is 0.252 e. The Labute approximate surface area is 442 Å². The van der Waals surface area contributed by atoms with Crippen molar-refractivity contribution in [2.75, 3.05) is 14.7 Å². The zero-order valence-electron chi connectivity index (χ0n) is 47.0. The second-order valence-corrected chi connectivity index (χ2v) is 26.5. The Balaban J connectivity index is 1.21. The average Bonchev–Trinajstić information content (AvgIpc) is 3.65. The monoisotopic (exact) mass is 971 g/mol. The summed E-state index contributed by atoms with van der Waals surface area (Å²) in [6, 6.07) is 63.4. The summed E-state index contributed by atoms with van der Waals surface area (Å²) in [4.78, 5) is 7.65. The van der Waals surface area contributed by atoms with Crippen molar-refractivity contribution in [3.63, 3.8) is 0 Å². The molecule has 0 spiro atoms. The number of hydrogen-bond donors (Lipinski definition) is 0. The molecule has 0 unspecified atom stereocenters. The predicted octanol–water partition coefficient (Wildman–Crippen LogP) is 17.4. The van der Waals surface area contributed by atoms with Gasteiger partial charge in [0.25, 0.3) is 6.71 Å². The van der Waals surface area contributed by atoms with Gasteiger partial charge in [0.05, 0.1) is 16.9 Å². The van der Waals surface area contributed by atoms with Gasteiger partial charge in [0, 0.05) is 63.1 Å². The molecule has 8 aromatic carbocycles. The second kappa shape index (κ2) is 17.0. The molecule has 0 fully saturated rings. The van der Waals surface area contributed by atoms with E-state index in [4.69, 9.17) is 0 Å². The number of anilines is 9. The third kappa shape index (κ3) is 8.13. The molecule has 74 heavy (non-hydrogen) atoms. The molecule has 9 aromatic rings. The Morgan fingerprint density at radius 1 is 0.378 bits per heavy atom. The third-order valence-electron chi connectivity index (χ3n) is 16.2. The molecule has 0 saturated carbocycles. The van der Waals surface area contributed by atoms with Gasteiger partial charge in [-0.2, -0.15) is 0 Å². The fourth-order valence-electron chi connectivity index (χ4n) is 11.8. The van der Waals surface area contributed by atoms with Crippen molar-refractivity contribution in [2.24, 2.45) is 7.05 Å². The molecule has 374 valence electrons. The van der Waals surface area contributed by atoms with Crippen LogP contribution < -0.4 is 31.1 Å². The van der Waals surface area contributed by atoms with Gasteiger partial charge in [0.1, 0.15) is 0 Å². The first-order valence-corrected chi connectivity index (χ1v) is 26.9. The molecule has 0 aliphatic carbocycles. The van der Waals surface area contributed by atoms with Crippen LogP contribution in [0.25, 0.3) is 21.8 Å². The van der Waals surface area contributed by atoms with Crippen molar-refractivity contribution in [3.8, 4) is 0 Å². The first-order chi connectivity index (χ1) is 34.8. The van der Waals surface area contributed by atoms with Crippen LogP contribution in [0.3, 0.4) is 0 Å². The summed E-state index contributed by atoms with van der Waals surface area (Å²) in [5.41, 5.74) is 23.7. The summed E-state index contributed by atoms with van der Waals surface area (Å²) in [5.74, 6) is 0. The fraction of sp³-hybridized carbons (Fsp3) is 0.304. The molecule has 2 aliphatic heterocycles. The molecule has 0 atom stereocenters. The molecule has 0 bridgehead atoms. The molecule has 0 radical (unpaired) electrons. The number of aromatic nitrogens is 1. The standard InChI is InChI=1S/C69H75BN4/c1-65(2,3)44-24-32-49(33-25-44)72(50-34-26-45(27-35-50)66(4,5)6)58-40-41-61(64-62(58)52-20-17-18-21-55(52)71(64)16)74-57-39-31-48(69(13,14)15)43-54(57)70-53-42-47(68(10,11)12)30-38-56(53)73(59-22-19-23-60(74)63(59)70)51-36-28-46(29-37-51)67(7,8)9/h17-43H,1-16H3. The smallest absolute Gasteiger partial charge is 0.252 e. The molecule has 0 amide bonds. The summed E-state index contributed by atoms with van der Waals surface area (Å²) < 4.78 is 2.45. The lowest BCUT2D eigenvalue weighted by atomic mass is 9.33. The van der Waals surface area contributed by atoms with Gasteiger partial charge in [-0.25, -0.2) is 0 Å². The first-order valence-electron chi connectivity index (χ1n) is 26.9. The highest BCUT2D eigenvalue weighted by atomic mass is 15.2. The van der Waals surface area contributed by atoms with Crippen molar-refractivity contribution >= 4 is 96.1 Å². The topological polar surface area (TPSA) is 14.7 Å². The number of para-hydroxylation sites is 1. The summed E-state index contributed by atoms with van der Waals surface area (Å²) in [7, 11) is 2.27. The van der Waals surface area contributed by atoms with Crippen LogP contribution in [-0.2, 0) is 34.1 Å². The van der Waals surface area contributed by atoms with E-state index in [2.05, 4.69) is 294 Å². The zero-order chi connectivity index (χ0) is 52.6. The van der Waals surface area contributed by atoms with E-state index in [-0.39, 0.29) is 33.8 Å². The zero-order valence-corrected chi connectivity index (χ0v) is 47.0. The van der Waals surface area contributed by atoms with Gasteiger partial charge in [-0.1, -0.05) is 189 Å². The minimum atomic E-state index is -0.0599. The quantitative estimate of drug-likeness (QED) is 0.160.